The number of phenols is 1. The zero-order valence-electron chi connectivity index (χ0n) is 13.9. The summed E-state index contributed by atoms with van der Waals surface area (Å²) < 4.78 is 29.8. The number of amides is 1. The average molecular weight is 442 g/mol. The summed E-state index contributed by atoms with van der Waals surface area (Å²) in [4.78, 5) is 13.1. The monoisotopic (exact) mass is 441 g/mol. The van der Waals surface area contributed by atoms with Crippen molar-refractivity contribution in [1.82, 2.24) is 4.83 Å². The Kier molecular flexibility index (Phi) is 6.22. The van der Waals surface area contributed by atoms with Gasteiger partial charge < -0.3 is 15.2 Å². The molecule has 0 aromatic heterocycles. The molecule has 0 bridgehead atoms. The fraction of sp³-hybridized carbons (Fsp3) is 0.125. The highest BCUT2D eigenvalue weighted by Crippen LogP contribution is 2.34. The van der Waals surface area contributed by atoms with Gasteiger partial charge in [0.25, 0.3) is 10.0 Å². The Balaban J connectivity index is 2.13. The van der Waals surface area contributed by atoms with Crippen molar-refractivity contribution < 1.29 is 23.1 Å². The Bertz CT molecular complexity index is 943. The van der Waals surface area contributed by atoms with Crippen molar-refractivity contribution in [2.75, 3.05) is 12.4 Å². The second-order valence-corrected chi connectivity index (χ2v) is 7.63. The minimum atomic E-state index is -3.86. The summed E-state index contributed by atoms with van der Waals surface area (Å²) in [5.74, 6) is -0.0967. The van der Waals surface area contributed by atoms with E-state index < -0.39 is 10.0 Å². The van der Waals surface area contributed by atoms with Gasteiger partial charge in [-0.3, -0.25) is 4.79 Å². The fourth-order valence-electron chi connectivity index (χ4n) is 1.97. The molecule has 0 saturated heterocycles. The van der Waals surface area contributed by atoms with Gasteiger partial charge in [-0.05, 0) is 57.9 Å². The van der Waals surface area contributed by atoms with Crippen molar-refractivity contribution in [3.8, 4) is 11.5 Å². The molecule has 26 heavy (non-hydrogen) atoms. The molecule has 0 radical (unpaired) electrons. The Labute approximate surface area is 159 Å². The van der Waals surface area contributed by atoms with Crippen LogP contribution in [-0.2, 0) is 14.8 Å². The molecule has 2 aromatic carbocycles. The van der Waals surface area contributed by atoms with Crippen LogP contribution in [0.3, 0.4) is 0 Å². The molecule has 10 heteroatoms. The summed E-state index contributed by atoms with van der Waals surface area (Å²) in [5.41, 5.74) is 0.997. The minimum Gasteiger partial charge on any atom is -0.503 e. The predicted molar refractivity (Wildman–Crippen MR) is 101 cm³/mol. The molecule has 0 atom stereocenters. The van der Waals surface area contributed by atoms with Gasteiger partial charge in [0.05, 0.1) is 22.7 Å². The largest absolute Gasteiger partial charge is 0.503 e. The first-order valence-corrected chi connectivity index (χ1v) is 9.49. The van der Waals surface area contributed by atoms with E-state index in [1.54, 1.807) is 6.07 Å². The molecular formula is C16H16BrN3O5S. The first kappa shape index (κ1) is 19.7. The molecule has 0 fully saturated rings. The molecule has 1 amide bonds. The highest BCUT2D eigenvalue weighted by Gasteiger charge is 2.13. The third kappa shape index (κ3) is 4.96. The van der Waals surface area contributed by atoms with E-state index in [4.69, 9.17) is 4.74 Å². The summed E-state index contributed by atoms with van der Waals surface area (Å²) in [6.07, 6.45) is 1.27. The van der Waals surface area contributed by atoms with Gasteiger partial charge in [0.1, 0.15) is 0 Å². The molecule has 0 aliphatic heterocycles. The van der Waals surface area contributed by atoms with E-state index in [-0.39, 0.29) is 22.3 Å². The van der Waals surface area contributed by atoms with Crippen LogP contribution in [0.2, 0.25) is 0 Å². The van der Waals surface area contributed by atoms with Crippen LogP contribution in [0.25, 0.3) is 0 Å². The zero-order chi connectivity index (χ0) is 19.3. The van der Waals surface area contributed by atoms with E-state index in [1.165, 1.54) is 50.6 Å². The third-order valence-electron chi connectivity index (χ3n) is 3.14. The number of anilines is 1. The highest BCUT2D eigenvalue weighted by molar-refractivity contribution is 9.10. The number of rotatable bonds is 6. The first-order valence-electron chi connectivity index (χ1n) is 7.22. The molecule has 0 spiro atoms. The van der Waals surface area contributed by atoms with Gasteiger partial charge in [-0.15, -0.1) is 0 Å². The topological polar surface area (TPSA) is 117 Å². The van der Waals surface area contributed by atoms with Crippen molar-refractivity contribution in [3.63, 3.8) is 0 Å². The number of ether oxygens (including phenoxy) is 1. The predicted octanol–water partition coefficient (Wildman–Crippen LogP) is 2.43. The smallest absolute Gasteiger partial charge is 0.276 e. The van der Waals surface area contributed by atoms with Crippen molar-refractivity contribution >= 4 is 43.8 Å². The number of hydrazone groups is 1. The van der Waals surface area contributed by atoms with Crippen molar-refractivity contribution in [2.24, 2.45) is 5.10 Å². The normalized spacial score (nSPS) is 11.3. The third-order valence-corrected chi connectivity index (χ3v) is 4.99. The number of nitrogens with one attached hydrogen (secondary N) is 2. The lowest BCUT2D eigenvalue weighted by atomic mass is 10.2. The van der Waals surface area contributed by atoms with E-state index in [1.807, 2.05) is 0 Å². The van der Waals surface area contributed by atoms with Gasteiger partial charge in [-0.25, -0.2) is 4.83 Å². The summed E-state index contributed by atoms with van der Waals surface area (Å²) >= 11 is 3.17. The number of halogens is 1. The molecule has 0 aliphatic carbocycles. The molecule has 0 aliphatic rings. The lowest BCUT2D eigenvalue weighted by Crippen LogP contribution is -2.18. The first-order chi connectivity index (χ1) is 12.2. The van der Waals surface area contributed by atoms with Crippen LogP contribution >= 0.6 is 15.9 Å². The van der Waals surface area contributed by atoms with E-state index >= 15 is 0 Å². The SMILES string of the molecule is COc1cc(C=NNS(=O)(=O)c2ccc(NC(C)=O)cc2)cc(Br)c1O. The maximum Gasteiger partial charge on any atom is 0.276 e. The van der Waals surface area contributed by atoms with Crippen LogP contribution in [0.15, 0.2) is 50.9 Å². The molecule has 2 rings (SSSR count). The number of methoxy groups -OCH3 is 1. The number of aromatic hydroxyl groups is 1. The van der Waals surface area contributed by atoms with Crippen LogP contribution in [-0.4, -0.2) is 32.8 Å². The van der Waals surface area contributed by atoms with Gasteiger partial charge in [0, 0.05) is 12.6 Å². The summed E-state index contributed by atoms with van der Waals surface area (Å²) in [6, 6.07) is 8.70. The lowest BCUT2D eigenvalue weighted by molar-refractivity contribution is -0.114. The van der Waals surface area contributed by atoms with Crippen LogP contribution in [0.4, 0.5) is 5.69 Å². The van der Waals surface area contributed by atoms with Crippen LogP contribution in [0.1, 0.15) is 12.5 Å². The molecule has 8 nitrogen and oxygen atoms in total. The quantitative estimate of drug-likeness (QED) is 0.469. The van der Waals surface area contributed by atoms with Gasteiger partial charge in [-0.2, -0.15) is 13.5 Å². The highest BCUT2D eigenvalue weighted by atomic mass is 79.9. The molecule has 3 N–H and O–H groups in total. The van der Waals surface area contributed by atoms with Crippen LogP contribution in [0.5, 0.6) is 11.5 Å². The number of nitrogens with zero attached hydrogens (tertiary/aromatic N) is 1. The fourth-order valence-corrected chi connectivity index (χ4v) is 3.22. The van der Waals surface area contributed by atoms with Gasteiger partial charge >= 0.3 is 0 Å². The average Bonchev–Trinajstić information content (AvgIpc) is 2.57. The molecule has 0 unspecified atom stereocenters. The van der Waals surface area contributed by atoms with Gasteiger partial charge in [0.2, 0.25) is 5.91 Å². The number of carbonyl (C=O) groups is 1. The number of carbonyl (C=O) groups excluding carboxylic acids is 1. The Morgan fingerprint density at radius 2 is 1.92 bits per heavy atom. The summed E-state index contributed by atoms with van der Waals surface area (Å²) in [6.45, 7) is 1.36. The van der Waals surface area contributed by atoms with E-state index in [9.17, 15) is 18.3 Å². The van der Waals surface area contributed by atoms with Crippen molar-refractivity contribution in [3.05, 3.63) is 46.4 Å². The molecule has 2 aromatic rings. The second kappa shape index (κ2) is 8.19. The zero-order valence-corrected chi connectivity index (χ0v) is 16.3. The number of phenolic OH excluding ortho intramolecular Hbond substituents is 1. The molecular weight excluding hydrogens is 426 g/mol. The Morgan fingerprint density at radius 3 is 2.50 bits per heavy atom. The molecule has 138 valence electrons. The summed E-state index contributed by atoms with van der Waals surface area (Å²) in [7, 11) is -2.46. The van der Waals surface area contributed by atoms with E-state index in [0.29, 0.717) is 15.7 Å². The number of hydrogen-bond donors (Lipinski definition) is 3. The van der Waals surface area contributed by atoms with Crippen molar-refractivity contribution in [1.29, 1.82) is 0 Å². The van der Waals surface area contributed by atoms with E-state index in [0.717, 1.165) is 0 Å². The Hall–Kier alpha value is -2.59. The van der Waals surface area contributed by atoms with Crippen LogP contribution < -0.4 is 14.9 Å². The minimum absolute atomic E-state index is 0.00628. The Morgan fingerprint density at radius 1 is 1.27 bits per heavy atom. The van der Waals surface area contributed by atoms with Gasteiger partial charge in [0.15, 0.2) is 11.5 Å². The molecule has 0 heterocycles. The number of sulfonamides is 1. The standard InChI is InChI=1S/C16H16BrN3O5S/c1-10(21)19-12-3-5-13(6-4-12)26(23,24)20-18-9-11-7-14(17)16(22)15(8-11)25-2/h3-9,20,22H,1-2H3,(H,19,21). The maximum atomic E-state index is 12.2. The summed E-state index contributed by atoms with van der Waals surface area (Å²) in [5, 5.41) is 16.0. The second-order valence-electron chi connectivity index (χ2n) is 5.11. The van der Waals surface area contributed by atoms with Crippen molar-refractivity contribution in [2.45, 2.75) is 11.8 Å². The van der Waals surface area contributed by atoms with Crippen LogP contribution in [0, 0.1) is 0 Å². The lowest BCUT2D eigenvalue weighted by Gasteiger charge is -2.07. The number of benzene rings is 2. The van der Waals surface area contributed by atoms with E-state index in [2.05, 4.69) is 31.2 Å². The maximum absolute atomic E-state index is 12.2. The molecule has 0 saturated carbocycles. The number of hydrogen-bond acceptors (Lipinski definition) is 6. The van der Waals surface area contributed by atoms with Gasteiger partial charge in [-0.1, -0.05) is 0 Å².